The maximum absolute atomic E-state index is 10.5. The third kappa shape index (κ3) is 2.10. The van der Waals surface area contributed by atoms with Gasteiger partial charge >= 0.3 is 0 Å². The highest BCUT2D eigenvalue weighted by Gasteiger charge is 2.52. The molecule has 102 valence electrons. The standard InChI is InChI=1S/C16H26O2/c1-12-6-7-14-15(2,3)8-5-9-16(14,4)13(12)10-18-11-17/h11,13-14H,1,5-10H2,2-4H3/t13?,14-,16+/m0/s1. The number of carbonyl (C=O) groups is 1. The molecule has 2 rings (SSSR count). The largest absolute Gasteiger partial charge is 0.467 e. The van der Waals surface area contributed by atoms with E-state index < -0.39 is 0 Å². The molecule has 2 aliphatic carbocycles. The van der Waals surface area contributed by atoms with Crippen molar-refractivity contribution >= 4 is 6.47 Å². The minimum Gasteiger partial charge on any atom is -0.467 e. The molecule has 0 spiro atoms. The van der Waals surface area contributed by atoms with Crippen LogP contribution in [0.2, 0.25) is 0 Å². The van der Waals surface area contributed by atoms with E-state index in [1.165, 1.54) is 31.3 Å². The van der Waals surface area contributed by atoms with E-state index in [-0.39, 0.29) is 5.41 Å². The lowest BCUT2D eigenvalue weighted by Gasteiger charge is -2.57. The van der Waals surface area contributed by atoms with Crippen LogP contribution < -0.4 is 0 Å². The first kappa shape index (κ1) is 13.6. The van der Waals surface area contributed by atoms with Crippen LogP contribution >= 0.6 is 0 Å². The van der Waals surface area contributed by atoms with Gasteiger partial charge in [0, 0.05) is 5.92 Å². The smallest absolute Gasteiger partial charge is 0.293 e. The monoisotopic (exact) mass is 250 g/mol. The van der Waals surface area contributed by atoms with Crippen LogP contribution in [0.4, 0.5) is 0 Å². The average Bonchev–Trinajstić information content (AvgIpc) is 2.27. The lowest BCUT2D eigenvalue weighted by molar-refractivity contribution is -0.134. The molecule has 2 saturated carbocycles. The summed E-state index contributed by atoms with van der Waals surface area (Å²) in [5, 5.41) is 0. The first-order chi connectivity index (χ1) is 8.42. The second kappa shape index (κ2) is 4.71. The average molecular weight is 250 g/mol. The van der Waals surface area contributed by atoms with Gasteiger partial charge in [0.15, 0.2) is 0 Å². The number of hydrogen-bond acceptors (Lipinski definition) is 2. The molecule has 0 aliphatic heterocycles. The molecule has 2 nitrogen and oxygen atoms in total. The maximum Gasteiger partial charge on any atom is 0.293 e. The predicted octanol–water partition coefficient (Wildman–Crippen LogP) is 3.96. The highest BCUT2D eigenvalue weighted by molar-refractivity contribution is 5.37. The SMILES string of the molecule is C=C1CC[C@H]2C(C)(C)CCC[C@]2(C)C1COC=O. The fraction of sp³-hybridized carbons (Fsp3) is 0.812. The van der Waals surface area contributed by atoms with Gasteiger partial charge in [0.05, 0.1) is 6.61 Å². The third-order valence-electron chi connectivity index (χ3n) is 5.65. The summed E-state index contributed by atoms with van der Waals surface area (Å²) in [6, 6.07) is 0. The lowest BCUT2D eigenvalue weighted by Crippen LogP contribution is -2.50. The Balaban J connectivity index is 2.27. The van der Waals surface area contributed by atoms with Crippen molar-refractivity contribution in [2.45, 2.75) is 52.9 Å². The molecular formula is C16H26O2. The van der Waals surface area contributed by atoms with Crippen molar-refractivity contribution in [1.29, 1.82) is 0 Å². The molecule has 0 amide bonds. The molecule has 2 aliphatic rings. The first-order valence-corrected chi connectivity index (χ1v) is 7.15. The fourth-order valence-corrected chi connectivity index (χ4v) is 4.72. The van der Waals surface area contributed by atoms with Crippen molar-refractivity contribution in [3.8, 4) is 0 Å². The molecule has 0 bridgehead atoms. The van der Waals surface area contributed by atoms with Gasteiger partial charge in [-0.25, -0.2) is 0 Å². The normalized spacial score (nSPS) is 38.9. The van der Waals surface area contributed by atoms with E-state index in [2.05, 4.69) is 27.4 Å². The molecule has 0 saturated heterocycles. The molecule has 2 heteroatoms. The van der Waals surface area contributed by atoms with Crippen molar-refractivity contribution in [3.63, 3.8) is 0 Å². The van der Waals surface area contributed by atoms with Crippen molar-refractivity contribution in [1.82, 2.24) is 0 Å². The van der Waals surface area contributed by atoms with Gasteiger partial charge in [0.25, 0.3) is 6.47 Å². The van der Waals surface area contributed by atoms with Crippen molar-refractivity contribution in [2.24, 2.45) is 22.7 Å². The van der Waals surface area contributed by atoms with E-state index in [9.17, 15) is 4.79 Å². The zero-order chi connectivity index (χ0) is 13.4. The van der Waals surface area contributed by atoms with E-state index in [0.29, 0.717) is 24.4 Å². The molecule has 0 aromatic carbocycles. The van der Waals surface area contributed by atoms with Crippen molar-refractivity contribution in [2.75, 3.05) is 6.61 Å². The van der Waals surface area contributed by atoms with E-state index in [1.807, 2.05) is 0 Å². The predicted molar refractivity (Wildman–Crippen MR) is 73.1 cm³/mol. The third-order valence-corrected chi connectivity index (χ3v) is 5.65. The second-order valence-electron chi connectivity index (χ2n) is 7.08. The van der Waals surface area contributed by atoms with Gasteiger partial charge in [-0.15, -0.1) is 0 Å². The van der Waals surface area contributed by atoms with Crippen LogP contribution in [0.3, 0.4) is 0 Å². The Bertz CT molecular complexity index is 345. The van der Waals surface area contributed by atoms with Gasteiger partial charge in [-0.3, -0.25) is 4.79 Å². The van der Waals surface area contributed by atoms with E-state index >= 15 is 0 Å². The Kier molecular flexibility index (Phi) is 3.57. The highest BCUT2D eigenvalue weighted by atomic mass is 16.5. The van der Waals surface area contributed by atoms with Crippen LogP contribution in [0.1, 0.15) is 52.9 Å². The summed E-state index contributed by atoms with van der Waals surface area (Å²) in [5.41, 5.74) is 1.96. The van der Waals surface area contributed by atoms with Gasteiger partial charge in [-0.2, -0.15) is 0 Å². The van der Waals surface area contributed by atoms with Gasteiger partial charge in [-0.1, -0.05) is 39.3 Å². The van der Waals surface area contributed by atoms with Gasteiger partial charge in [-0.05, 0) is 42.4 Å². The van der Waals surface area contributed by atoms with Crippen LogP contribution in [-0.2, 0) is 9.53 Å². The van der Waals surface area contributed by atoms with Crippen LogP contribution in [0.25, 0.3) is 0 Å². The minimum atomic E-state index is 0.264. The summed E-state index contributed by atoms with van der Waals surface area (Å²) in [4.78, 5) is 10.5. The molecule has 0 aromatic heterocycles. The lowest BCUT2D eigenvalue weighted by atomic mass is 9.48. The minimum absolute atomic E-state index is 0.264. The summed E-state index contributed by atoms with van der Waals surface area (Å²) < 4.78 is 5.08. The molecule has 2 fully saturated rings. The van der Waals surface area contributed by atoms with Crippen LogP contribution in [0.5, 0.6) is 0 Å². The number of hydrogen-bond donors (Lipinski definition) is 0. The van der Waals surface area contributed by atoms with Crippen LogP contribution in [0, 0.1) is 22.7 Å². The Labute approximate surface area is 111 Å². The van der Waals surface area contributed by atoms with Crippen molar-refractivity contribution < 1.29 is 9.53 Å². The molecule has 18 heavy (non-hydrogen) atoms. The molecule has 0 heterocycles. The number of fused-ring (bicyclic) bond motifs is 1. The molecule has 1 unspecified atom stereocenters. The molecule has 3 atom stereocenters. The first-order valence-electron chi connectivity index (χ1n) is 7.15. The Hall–Kier alpha value is -0.790. The van der Waals surface area contributed by atoms with Crippen molar-refractivity contribution in [3.05, 3.63) is 12.2 Å². The van der Waals surface area contributed by atoms with E-state index in [0.717, 1.165) is 12.3 Å². The summed E-state index contributed by atoms with van der Waals surface area (Å²) in [7, 11) is 0. The maximum atomic E-state index is 10.5. The Morgan fingerprint density at radius 2 is 2.11 bits per heavy atom. The Morgan fingerprint density at radius 3 is 2.78 bits per heavy atom. The summed E-state index contributed by atoms with van der Waals surface area (Å²) in [5.74, 6) is 1.07. The highest BCUT2D eigenvalue weighted by Crippen LogP contribution is 2.60. The summed E-state index contributed by atoms with van der Waals surface area (Å²) in [6.45, 7) is 12.5. The van der Waals surface area contributed by atoms with E-state index in [4.69, 9.17) is 4.74 Å². The Morgan fingerprint density at radius 1 is 1.39 bits per heavy atom. The second-order valence-corrected chi connectivity index (χ2v) is 7.08. The molecule has 0 radical (unpaired) electrons. The fourth-order valence-electron chi connectivity index (χ4n) is 4.72. The quantitative estimate of drug-likeness (QED) is 0.560. The summed E-state index contributed by atoms with van der Waals surface area (Å²) >= 11 is 0. The summed E-state index contributed by atoms with van der Waals surface area (Å²) in [6.07, 6.45) is 6.19. The molecule has 0 aromatic rings. The van der Waals surface area contributed by atoms with Gasteiger partial charge in [0.2, 0.25) is 0 Å². The van der Waals surface area contributed by atoms with Gasteiger partial charge < -0.3 is 4.74 Å². The van der Waals surface area contributed by atoms with Crippen LogP contribution in [-0.4, -0.2) is 13.1 Å². The van der Waals surface area contributed by atoms with E-state index in [1.54, 1.807) is 0 Å². The zero-order valence-electron chi connectivity index (χ0n) is 12.0. The topological polar surface area (TPSA) is 26.3 Å². The number of rotatable bonds is 3. The number of carbonyl (C=O) groups excluding carboxylic acids is 1. The van der Waals surface area contributed by atoms with Gasteiger partial charge in [0.1, 0.15) is 0 Å². The zero-order valence-corrected chi connectivity index (χ0v) is 12.0. The number of ether oxygens (including phenoxy) is 1. The van der Waals surface area contributed by atoms with Crippen LogP contribution in [0.15, 0.2) is 12.2 Å². The molecular weight excluding hydrogens is 224 g/mol. The molecule has 0 N–H and O–H groups in total.